The van der Waals surface area contributed by atoms with Gasteiger partial charge < -0.3 is 11.1 Å². The molecule has 0 aliphatic carbocycles. The predicted octanol–water partition coefficient (Wildman–Crippen LogP) is 1.18. The highest BCUT2D eigenvalue weighted by Crippen LogP contribution is 2.09. The number of carbonyl (C=O) groups is 1. The number of hydrogen-bond acceptors (Lipinski definition) is 2. The van der Waals surface area contributed by atoms with Crippen LogP contribution >= 0.6 is 0 Å². The second kappa shape index (κ2) is 5.55. The van der Waals surface area contributed by atoms with Crippen molar-refractivity contribution < 1.29 is 13.6 Å². The Labute approximate surface area is 92.6 Å². The van der Waals surface area contributed by atoms with E-state index >= 15 is 0 Å². The summed E-state index contributed by atoms with van der Waals surface area (Å²) in [6, 6.07) is 3.24. The van der Waals surface area contributed by atoms with Crippen LogP contribution in [0.25, 0.3) is 0 Å². The minimum absolute atomic E-state index is 0.0370. The first-order valence-electron chi connectivity index (χ1n) is 4.96. The van der Waals surface area contributed by atoms with E-state index in [1.807, 2.05) is 0 Å². The molecule has 0 aromatic heterocycles. The van der Waals surface area contributed by atoms with Gasteiger partial charge in [0, 0.05) is 30.6 Å². The van der Waals surface area contributed by atoms with Crippen LogP contribution < -0.4 is 11.1 Å². The minimum atomic E-state index is -0.666. The Morgan fingerprint density at radius 1 is 1.50 bits per heavy atom. The second-order valence-electron chi connectivity index (χ2n) is 3.59. The van der Waals surface area contributed by atoms with Gasteiger partial charge in [-0.3, -0.25) is 4.79 Å². The number of hydrogen-bond donors (Lipinski definition) is 2. The molecular weight excluding hydrogens is 214 g/mol. The monoisotopic (exact) mass is 228 g/mol. The summed E-state index contributed by atoms with van der Waals surface area (Å²) in [6.07, 6.45) is 0. The molecule has 0 aliphatic heterocycles. The first kappa shape index (κ1) is 12.6. The van der Waals surface area contributed by atoms with Gasteiger partial charge in [-0.15, -0.1) is 0 Å². The lowest BCUT2D eigenvalue weighted by atomic mass is 10.1. The molecule has 1 unspecified atom stereocenters. The number of nitrogens with one attached hydrogen (secondary N) is 1. The van der Waals surface area contributed by atoms with Crippen LogP contribution in [0, 0.1) is 17.6 Å². The summed E-state index contributed by atoms with van der Waals surface area (Å²) in [5.41, 5.74) is 5.56. The van der Waals surface area contributed by atoms with Gasteiger partial charge in [0.25, 0.3) is 0 Å². The van der Waals surface area contributed by atoms with Crippen molar-refractivity contribution in [2.75, 3.05) is 6.54 Å². The van der Waals surface area contributed by atoms with Gasteiger partial charge in [-0.1, -0.05) is 13.0 Å². The van der Waals surface area contributed by atoms with E-state index in [0.717, 1.165) is 12.1 Å². The molecule has 16 heavy (non-hydrogen) atoms. The van der Waals surface area contributed by atoms with Crippen LogP contribution in [0.2, 0.25) is 0 Å². The number of halogens is 2. The molecule has 0 radical (unpaired) electrons. The van der Waals surface area contributed by atoms with Crippen LogP contribution in [-0.4, -0.2) is 12.5 Å². The van der Waals surface area contributed by atoms with Crippen molar-refractivity contribution in [2.45, 2.75) is 13.5 Å². The van der Waals surface area contributed by atoms with E-state index in [4.69, 9.17) is 5.73 Å². The fourth-order valence-corrected chi connectivity index (χ4v) is 1.13. The zero-order valence-corrected chi connectivity index (χ0v) is 8.97. The van der Waals surface area contributed by atoms with Gasteiger partial charge >= 0.3 is 0 Å². The smallest absolute Gasteiger partial charge is 0.224 e. The maximum Gasteiger partial charge on any atom is 0.224 e. The molecule has 1 rings (SSSR count). The number of nitrogens with two attached hydrogens (primary N) is 1. The molecule has 0 bridgehead atoms. The summed E-state index contributed by atoms with van der Waals surface area (Å²) in [5.74, 6) is -1.86. The van der Waals surface area contributed by atoms with Gasteiger partial charge in [0.05, 0.1) is 0 Å². The molecule has 1 atom stereocenters. The van der Waals surface area contributed by atoms with Gasteiger partial charge in [-0.25, -0.2) is 8.78 Å². The van der Waals surface area contributed by atoms with Crippen molar-refractivity contribution in [1.29, 1.82) is 0 Å². The summed E-state index contributed by atoms with van der Waals surface area (Å²) in [4.78, 5) is 11.3. The SMILES string of the molecule is CC(CN)C(=O)NCc1ccc(F)cc1F. The average molecular weight is 228 g/mol. The highest BCUT2D eigenvalue weighted by atomic mass is 19.1. The minimum Gasteiger partial charge on any atom is -0.352 e. The lowest BCUT2D eigenvalue weighted by Crippen LogP contribution is -2.33. The Morgan fingerprint density at radius 3 is 2.75 bits per heavy atom. The molecule has 1 aromatic carbocycles. The van der Waals surface area contributed by atoms with Crippen LogP contribution in [0.1, 0.15) is 12.5 Å². The summed E-state index contributed by atoms with van der Waals surface area (Å²) in [5, 5.41) is 2.53. The number of rotatable bonds is 4. The van der Waals surface area contributed by atoms with E-state index < -0.39 is 11.6 Å². The zero-order chi connectivity index (χ0) is 12.1. The zero-order valence-electron chi connectivity index (χ0n) is 8.97. The standard InChI is InChI=1S/C11H14F2N2O/c1-7(5-14)11(16)15-6-8-2-3-9(12)4-10(8)13/h2-4,7H,5-6,14H2,1H3,(H,15,16). The summed E-state index contributed by atoms with van der Waals surface area (Å²) in [7, 11) is 0. The molecule has 0 heterocycles. The number of amides is 1. The fraction of sp³-hybridized carbons (Fsp3) is 0.364. The van der Waals surface area contributed by atoms with Gasteiger partial charge in [0.1, 0.15) is 11.6 Å². The third-order valence-electron chi connectivity index (χ3n) is 2.27. The maximum atomic E-state index is 13.2. The Bertz CT molecular complexity index is 382. The van der Waals surface area contributed by atoms with E-state index in [1.165, 1.54) is 6.07 Å². The van der Waals surface area contributed by atoms with Gasteiger partial charge in [0.2, 0.25) is 5.91 Å². The average Bonchev–Trinajstić information content (AvgIpc) is 2.26. The summed E-state index contributed by atoms with van der Waals surface area (Å²) in [6.45, 7) is 1.95. The quantitative estimate of drug-likeness (QED) is 0.813. The van der Waals surface area contributed by atoms with Crippen LogP contribution in [0.15, 0.2) is 18.2 Å². The van der Waals surface area contributed by atoms with E-state index in [9.17, 15) is 13.6 Å². The number of benzene rings is 1. The highest BCUT2D eigenvalue weighted by Gasteiger charge is 2.11. The topological polar surface area (TPSA) is 55.1 Å². The maximum absolute atomic E-state index is 13.2. The van der Waals surface area contributed by atoms with Crippen molar-refractivity contribution in [3.8, 4) is 0 Å². The van der Waals surface area contributed by atoms with Crippen molar-refractivity contribution >= 4 is 5.91 Å². The lowest BCUT2D eigenvalue weighted by Gasteiger charge is -2.10. The molecule has 0 saturated carbocycles. The van der Waals surface area contributed by atoms with E-state index in [0.29, 0.717) is 0 Å². The Balaban J connectivity index is 2.58. The van der Waals surface area contributed by atoms with Crippen LogP contribution in [0.3, 0.4) is 0 Å². The van der Waals surface area contributed by atoms with Crippen LogP contribution in [0.4, 0.5) is 8.78 Å². The lowest BCUT2D eigenvalue weighted by molar-refractivity contribution is -0.124. The Hall–Kier alpha value is -1.49. The van der Waals surface area contributed by atoms with Crippen LogP contribution in [0.5, 0.6) is 0 Å². The molecule has 0 spiro atoms. The van der Waals surface area contributed by atoms with Crippen molar-refractivity contribution in [3.05, 3.63) is 35.4 Å². The van der Waals surface area contributed by atoms with E-state index in [2.05, 4.69) is 5.32 Å². The molecule has 1 aromatic rings. The first-order valence-corrected chi connectivity index (χ1v) is 4.96. The third-order valence-corrected chi connectivity index (χ3v) is 2.27. The summed E-state index contributed by atoms with van der Waals surface area (Å²) >= 11 is 0. The molecule has 0 aliphatic rings. The predicted molar refractivity (Wildman–Crippen MR) is 56.4 cm³/mol. The molecule has 88 valence electrons. The van der Waals surface area contributed by atoms with Crippen molar-refractivity contribution in [2.24, 2.45) is 11.7 Å². The first-order chi connectivity index (χ1) is 7.54. The van der Waals surface area contributed by atoms with Crippen molar-refractivity contribution in [1.82, 2.24) is 5.32 Å². The number of carbonyl (C=O) groups excluding carboxylic acids is 1. The second-order valence-corrected chi connectivity index (χ2v) is 3.59. The molecule has 3 N–H and O–H groups in total. The molecule has 3 nitrogen and oxygen atoms in total. The molecule has 1 amide bonds. The molecular formula is C11H14F2N2O. The van der Waals surface area contributed by atoms with Crippen LogP contribution in [-0.2, 0) is 11.3 Å². The van der Waals surface area contributed by atoms with E-state index in [1.54, 1.807) is 6.92 Å². The van der Waals surface area contributed by atoms with E-state index in [-0.39, 0.29) is 30.5 Å². The third kappa shape index (κ3) is 3.27. The summed E-state index contributed by atoms with van der Waals surface area (Å²) < 4.78 is 25.8. The Kier molecular flexibility index (Phi) is 4.37. The Morgan fingerprint density at radius 2 is 2.19 bits per heavy atom. The van der Waals surface area contributed by atoms with Crippen molar-refractivity contribution in [3.63, 3.8) is 0 Å². The van der Waals surface area contributed by atoms with Gasteiger partial charge in [0.15, 0.2) is 0 Å². The normalized spacial score (nSPS) is 12.2. The van der Waals surface area contributed by atoms with Gasteiger partial charge in [-0.05, 0) is 6.07 Å². The van der Waals surface area contributed by atoms with Gasteiger partial charge in [-0.2, -0.15) is 0 Å². The molecule has 0 saturated heterocycles. The highest BCUT2D eigenvalue weighted by molar-refractivity contribution is 5.78. The largest absolute Gasteiger partial charge is 0.352 e. The fourth-order valence-electron chi connectivity index (χ4n) is 1.13. The molecule has 0 fully saturated rings. The molecule has 5 heteroatoms.